The maximum absolute atomic E-state index is 11.8. The van der Waals surface area contributed by atoms with Gasteiger partial charge >= 0.3 is 0 Å². The fraction of sp³-hybridized carbons (Fsp3) is 0.455. The van der Waals surface area contributed by atoms with E-state index in [4.69, 9.17) is 0 Å². The molecule has 4 nitrogen and oxygen atoms in total. The minimum atomic E-state index is -0.286. The van der Waals surface area contributed by atoms with Gasteiger partial charge in [-0.3, -0.25) is 4.79 Å². The van der Waals surface area contributed by atoms with Gasteiger partial charge in [-0.1, -0.05) is 0 Å². The molecule has 0 saturated carbocycles. The number of nitrogens with one attached hydrogen (secondary N) is 1. The number of thioether (sulfide) groups is 1. The summed E-state index contributed by atoms with van der Waals surface area (Å²) in [5, 5.41) is 12.4. The first-order valence-corrected chi connectivity index (χ1v) is 6.45. The number of hydrogen-bond acceptors (Lipinski definition) is 4. The van der Waals surface area contributed by atoms with Crippen LogP contribution in [0.4, 0.5) is 0 Å². The maximum atomic E-state index is 11.8. The highest BCUT2D eigenvalue weighted by molar-refractivity contribution is 7.99. The Morgan fingerprint density at radius 1 is 1.62 bits per heavy atom. The molecule has 0 spiro atoms. The van der Waals surface area contributed by atoms with Crippen molar-refractivity contribution < 1.29 is 9.90 Å². The monoisotopic (exact) mass is 238 g/mol. The van der Waals surface area contributed by atoms with Gasteiger partial charge < -0.3 is 10.4 Å². The first-order valence-electron chi connectivity index (χ1n) is 5.30. The molecule has 1 fully saturated rings. The number of pyridine rings is 1. The summed E-state index contributed by atoms with van der Waals surface area (Å²) in [7, 11) is 0. The summed E-state index contributed by atoms with van der Waals surface area (Å²) >= 11 is 1.85. The molecule has 0 bridgehead atoms. The minimum Gasteiger partial charge on any atom is -0.505 e. The van der Waals surface area contributed by atoms with Crippen LogP contribution < -0.4 is 5.32 Å². The molecule has 0 radical (unpaired) electrons. The molecule has 1 aliphatic heterocycles. The second kappa shape index (κ2) is 5.21. The Morgan fingerprint density at radius 2 is 2.50 bits per heavy atom. The van der Waals surface area contributed by atoms with Crippen molar-refractivity contribution in [2.75, 3.05) is 11.5 Å². The van der Waals surface area contributed by atoms with Crippen LogP contribution in [0.15, 0.2) is 18.3 Å². The first kappa shape index (κ1) is 11.3. The molecule has 0 aliphatic carbocycles. The Balaban J connectivity index is 2.00. The molecular formula is C11H14N2O2S. The van der Waals surface area contributed by atoms with Gasteiger partial charge in [0.2, 0.25) is 0 Å². The fourth-order valence-corrected chi connectivity index (χ4v) is 2.75. The molecule has 0 aromatic carbocycles. The highest BCUT2D eigenvalue weighted by Crippen LogP contribution is 2.18. The number of amides is 1. The molecule has 1 saturated heterocycles. The van der Waals surface area contributed by atoms with Crippen LogP contribution in [0.25, 0.3) is 0 Å². The largest absolute Gasteiger partial charge is 0.505 e. The second-order valence-corrected chi connectivity index (χ2v) is 4.91. The molecule has 1 aromatic heterocycles. The van der Waals surface area contributed by atoms with E-state index in [9.17, 15) is 9.90 Å². The molecule has 2 rings (SSSR count). The van der Waals surface area contributed by atoms with Crippen LogP contribution >= 0.6 is 11.8 Å². The van der Waals surface area contributed by atoms with E-state index in [1.165, 1.54) is 18.0 Å². The summed E-state index contributed by atoms with van der Waals surface area (Å²) in [6.07, 6.45) is 3.64. The van der Waals surface area contributed by atoms with Crippen LogP contribution in [0.5, 0.6) is 5.75 Å². The number of rotatable bonds is 2. The smallest absolute Gasteiger partial charge is 0.273 e. The molecular weight excluding hydrogens is 224 g/mol. The molecule has 1 atom stereocenters. The van der Waals surface area contributed by atoms with E-state index in [1.54, 1.807) is 6.07 Å². The van der Waals surface area contributed by atoms with E-state index in [0.29, 0.717) is 0 Å². The summed E-state index contributed by atoms with van der Waals surface area (Å²) in [4.78, 5) is 15.7. The molecule has 5 heteroatoms. The topological polar surface area (TPSA) is 62.2 Å². The minimum absolute atomic E-state index is 0.0662. The van der Waals surface area contributed by atoms with Gasteiger partial charge in [-0.15, -0.1) is 0 Å². The van der Waals surface area contributed by atoms with Crippen molar-refractivity contribution >= 4 is 17.7 Å². The van der Waals surface area contributed by atoms with E-state index >= 15 is 0 Å². The van der Waals surface area contributed by atoms with Crippen molar-refractivity contribution in [1.29, 1.82) is 0 Å². The number of aromatic hydroxyl groups is 1. The van der Waals surface area contributed by atoms with E-state index in [1.807, 2.05) is 11.8 Å². The Bertz CT molecular complexity index is 378. The average molecular weight is 238 g/mol. The zero-order valence-electron chi connectivity index (χ0n) is 8.85. The van der Waals surface area contributed by atoms with E-state index < -0.39 is 0 Å². The van der Waals surface area contributed by atoms with Gasteiger partial charge in [-0.05, 0) is 30.7 Å². The molecule has 16 heavy (non-hydrogen) atoms. The Hall–Kier alpha value is -1.23. The molecule has 1 aliphatic rings. The lowest BCUT2D eigenvalue weighted by atomic mass is 10.2. The van der Waals surface area contributed by atoms with Gasteiger partial charge in [0.05, 0.1) is 0 Å². The lowest BCUT2D eigenvalue weighted by Gasteiger charge is -2.22. The average Bonchev–Trinajstić information content (AvgIpc) is 2.31. The summed E-state index contributed by atoms with van der Waals surface area (Å²) in [6, 6.07) is 3.27. The van der Waals surface area contributed by atoms with Gasteiger partial charge in [-0.2, -0.15) is 11.8 Å². The van der Waals surface area contributed by atoms with Crippen molar-refractivity contribution in [2.24, 2.45) is 0 Å². The maximum Gasteiger partial charge on any atom is 0.273 e. The molecule has 1 amide bonds. The Kier molecular flexibility index (Phi) is 3.66. The van der Waals surface area contributed by atoms with Crippen molar-refractivity contribution in [3.05, 3.63) is 24.0 Å². The van der Waals surface area contributed by atoms with Crippen molar-refractivity contribution in [2.45, 2.75) is 18.9 Å². The van der Waals surface area contributed by atoms with Crippen LogP contribution in [-0.4, -0.2) is 33.5 Å². The normalized spacial score (nSPS) is 20.4. The zero-order valence-corrected chi connectivity index (χ0v) is 9.67. The zero-order chi connectivity index (χ0) is 11.4. The summed E-state index contributed by atoms with van der Waals surface area (Å²) in [6.45, 7) is 0. The Labute approximate surface area is 98.5 Å². The van der Waals surface area contributed by atoms with Gasteiger partial charge in [0.25, 0.3) is 5.91 Å². The molecule has 2 heterocycles. The van der Waals surface area contributed by atoms with E-state index in [0.717, 1.165) is 18.6 Å². The number of nitrogens with zero attached hydrogens (tertiary/aromatic N) is 1. The quantitative estimate of drug-likeness (QED) is 0.818. The Morgan fingerprint density at radius 3 is 3.19 bits per heavy atom. The lowest BCUT2D eigenvalue weighted by molar-refractivity contribution is 0.0930. The molecule has 1 unspecified atom stereocenters. The molecule has 2 N–H and O–H groups in total. The van der Waals surface area contributed by atoms with Crippen LogP contribution in [0.3, 0.4) is 0 Å². The molecule has 1 aromatic rings. The highest BCUT2D eigenvalue weighted by atomic mass is 32.2. The third-order valence-corrected chi connectivity index (χ3v) is 3.71. The van der Waals surface area contributed by atoms with Crippen LogP contribution in [-0.2, 0) is 0 Å². The van der Waals surface area contributed by atoms with Gasteiger partial charge in [0.15, 0.2) is 5.69 Å². The van der Waals surface area contributed by atoms with E-state index in [-0.39, 0.29) is 23.4 Å². The highest BCUT2D eigenvalue weighted by Gasteiger charge is 2.19. The van der Waals surface area contributed by atoms with Crippen LogP contribution in [0.2, 0.25) is 0 Å². The van der Waals surface area contributed by atoms with Crippen molar-refractivity contribution in [3.8, 4) is 5.75 Å². The summed E-state index contributed by atoms with van der Waals surface area (Å²) in [5.74, 6) is 1.76. The van der Waals surface area contributed by atoms with Crippen molar-refractivity contribution in [3.63, 3.8) is 0 Å². The third-order valence-electron chi connectivity index (χ3n) is 2.50. The third kappa shape index (κ3) is 2.66. The van der Waals surface area contributed by atoms with Gasteiger partial charge in [0.1, 0.15) is 5.75 Å². The molecule has 86 valence electrons. The van der Waals surface area contributed by atoms with Gasteiger partial charge in [-0.25, -0.2) is 4.98 Å². The predicted octanol–water partition coefficient (Wildman–Crippen LogP) is 1.41. The van der Waals surface area contributed by atoms with E-state index in [2.05, 4.69) is 10.3 Å². The summed E-state index contributed by atoms with van der Waals surface area (Å²) < 4.78 is 0. The standard InChI is InChI=1S/C11H14N2O2S/c14-9-4-1-5-12-10(9)11(15)13-8-3-2-6-16-7-8/h1,4-5,8,14H,2-3,6-7H2,(H,13,15). The number of carbonyl (C=O) groups excluding carboxylic acids is 1. The number of hydrogen-bond donors (Lipinski definition) is 2. The van der Waals surface area contributed by atoms with Crippen molar-refractivity contribution in [1.82, 2.24) is 10.3 Å². The number of aromatic nitrogens is 1. The second-order valence-electron chi connectivity index (χ2n) is 3.76. The first-order chi connectivity index (χ1) is 7.77. The SMILES string of the molecule is O=C(NC1CCCSC1)c1ncccc1O. The fourth-order valence-electron chi connectivity index (χ4n) is 1.68. The summed E-state index contributed by atoms with van der Waals surface area (Å²) in [5.41, 5.74) is 0.109. The predicted molar refractivity (Wildman–Crippen MR) is 63.7 cm³/mol. The lowest BCUT2D eigenvalue weighted by Crippen LogP contribution is -2.38. The van der Waals surface area contributed by atoms with Gasteiger partial charge in [0, 0.05) is 18.0 Å². The van der Waals surface area contributed by atoms with Crippen LogP contribution in [0.1, 0.15) is 23.3 Å². The van der Waals surface area contributed by atoms with Crippen LogP contribution in [0, 0.1) is 0 Å². The number of carbonyl (C=O) groups is 1.